The Bertz CT molecular complexity index is 760. The van der Waals surface area contributed by atoms with Gasteiger partial charge in [-0.1, -0.05) is 0 Å². The largest absolute Gasteiger partial charge is 0.339 e. The van der Waals surface area contributed by atoms with Gasteiger partial charge in [0.1, 0.15) is 5.82 Å². The van der Waals surface area contributed by atoms with Gasteiger partial charge < -0.3 is 5.32 Å². The molecule has 96 valence electrons. The van der Waals surface area contributed by atoms with Gasteiger partial charge in [-0.15, -0.1) is 0 Å². The van der Waals surface area contributed by atoms with Crippen molar-refractivity contribution in [3.05, 3.63) is 37.7 Å². The fraction of sp³-hybridized carbons (Fsp3) is 0. The Morgan fingerprint density at radius 2 is 2.16 bits per heavy atom. The van der Waals surface area contributed by atoms with Crippen molar-refractivity contribution in [3.8, 4) is 0 Å². The molecule has 19 heavy (non-hydrogen) atoms. The van der Waals surface area contributed by atoms with Gasteiger partial charge in [-0.05, 0) is 68.3 Å². The number of hydrogen-bond acceptors (Lipinski definition) is 4. The maximum absolute atomic E-state index is 5.89. The van der Waals surface area contributed by atoms with Gasteiger partial charge >= 0.3 is 0 Å². The molecule has 0 aliphatic carbocycles. The Balaban J connectivity index is 2.10. The predicted octanol–water partition coefficient (Wildman–Crippen LogP) is 4.12. The lowest BCUT2D eigenvalue weighted by Gasteiger charge is -2.09. The minimum atomic E-state index is 0.168. The van der Waals surface area contributed by atoms with Gasteiger partial charge in [0, 0.05) is 8.04 Å². The predicted molar refractivity (Wildman–Crippen MR) is 86.8 cm³/mol. The van der Waals surface area contributed by atoms with Crippen LogP contribution < -0.4 is 5.32 Å². The number of H-pyrrole nitrogens is 1. The molecular weight excluding hydrogens is 444 g/mol. The van der Waals surface area contributed by atoms with Crippen LogP contribution in [0.2, 0.25) is 5.28 Å². The SMILES string of the molecule is Clc1nc(Nc2cc(I)ccc2Br)c2cn[nH]c2n1. The van der Waals surface area contributed by atoms with Crippen LogP contribution in [0.3, 0.4) is 0 Å². The summed E-state index contributed by atoms with van der Waals surface area (Å²) in [7, 11) is 0. The molecular formula is C11H6BrClIN5. The van der Waals surface area contributed by atoms with Crippen LogP contribution in [0.25, 0.3) is 11.0 Å². The van der Waals surface area contributed by atoms with Gasteiger partial charge in [-0.25, -0.2) is 0 Å². The molecule has 0 radical (unpaired) electrons. The van der Waals surface area contributed by atoms with E-state index >= 15 is 0 Å². The minimum absolute atomic E-state index is 0.168. The molecule has 0 atom stereocenters. The average Bonchev–Trinajstić information content (AvgIpc) is 2.82. The lowest BCUT2D eigenvalue weighted by atomic mass is 10.3. The first-order valence-corrected chi connectivity index (χ1v) is 7.47. The molecule has 0 saturated heterocycles. The normalized spacial score (nSPS) is 10.9. The molecule has 0 spiro atoms. The van der Waals surface area contributed by atoms with Crippen LogP contribution >= 0.6 is 50.1 Å². The lowest BCUT2D eigenvalue weighted by molar-refractivity contribution is 1.09. The molecule has 0 bridgehead atoms. The molecule has 8 heteroatoms. The third-order valence-electron chi connectivity index (χ3n) is 2.46. The molecule has 0 fully saturated rings. The van der Waals surface area contributed by atoms with Gasteiger partial charge in [-0.3, -0.25) is 5.10 Å². The minimum Gasteiger partial charge on any atom is -0.339 e. The van der Waals surface area contributed by atoms with Crippen molar-refractivity contribution in [2.45, 2.75) is 0 Å². The molecule has 0 saturated carbocycles. The number of rotatable bonds is 2. The van der Waals surface area contributed by atoms with Crippen molar-refractivity contribution in [1.29, 1.82) is 0 Å². The maximum Gasteiger partial charge on any atom is 0.226 e. The van der Waals surface area contributed by atoms with E-state index in [0.29, 0.717) is 11.5 Å². The number of anilines is 2. The molecule has 3 aromatic rings. The summed E-state index contributed by atoms with van der Waals surface area (Å²) in [5.41, 5.74) is 1.51. The van der Waals surface area contributed by atoms with Crippen LogP contribution in [0.4, 0.5) is 11.5 Å². The Kier molecular flexibility index (Phi) is 3.59. The zero-order valence-electron chi connectivity index (χ0n) is 9.28. The number of aromatic nitrogens is 4. The highest BCUT2D eigenvalue weighted by molar-refractivity contribution is 14.1. The summed E-state index contributed by atoms with van der Waals surface area (Å²) in [4.78, 5) is 8.26. The van der Waals surface area contributed by atoms with Crippen molar-refractivity contribution in [1.82, 2.24) is 20.2 Å². The summed E-state index contributed by atoms with van der Waals surface area (Å²) < 4.78 is 2.06. The summed E-state index contributed by atoms with van der Waals surface area (Å²) in [6, 6.07) is 5.99. The topological polar surface area (TPSA) is 66.5 Å². The number of hydrogen-bond donors (Lipinski definition) is 2. The van der Waals surface area contributed by atoms with Crippen molar-refractivity contribution >= 4 is 72.7 Å². The Morgan fingerprint density at radius 1 is 1.32 bits per heavy atom. The van der Waals surface area contributed by atoms with Crippen molar-refractivity contribution in [2.24, 2.45) is 0 Å². The van der Waals surface area contributed by atoms with Crippen LogP contribution in [0, 0.1) is 3.57 Å². The molecule has 0 amide bonds. The number of nitrogens with zero attached hydrogens (tertiary/aromatic N) is 3. The smallest absolute Gasteiger partial charge is 0.226 e. The van der Waals surface area contributed by atoms with E-state index in [9.17, 15) is 0 Å². The third-order valence-corrected chi connectivity index (χ3v) is 4.00. The van der Waals surface area contributed by atoms with Gasteiger partial charge in [0.25, 0.3) is 0 Å². The van der Waals surface area contributed by atoms with E-state index in [4.69, 9.17) is 11.6 Å². The third kappa shape index (κ3) is 2.67. The van der Waals surface area contributed by atoms with Gasteiger partial charge in [0.2, 0.25) is 5.28 Å². The monoisotopic (exact) mass is 449 g/mol. The van der Waals surface area contributed by atoms with E-state index in [1.165, 1.54) is 0 Å². The molecule has 2 aromatic heterocycles. The van der Waals surface area contributed by atoms with Crippen LogP contribution in [-0.4, -0.2) is 20.2 Å². The zero-order chi connectivity index (χ0) is 13.4. The molecule has 0 unspecified atom stereocenters. The lowest BCUT2D eigenvalue weighted by Crippen LogP contribution is -1.97. The molecule has 3 rings (SSSR count). The molecule has 0 aliphatic rings. The van der Waals surface area contributed by atoms with E-state index in [1.54, 1.807) is 6.20 Å². The highest BCUT2D eigenvalue weighted by Crippen LogP contribution is 2.29. The molecule has 2 N–H and O–H groups in total. The number of aromatic amines is 1. The Morgan fingerprint density at radius 3 is 3.00 bits per heavy atom. The number of benzene rings is 1. The first-order valence-electron chi connectivity index (χ1n) is 5.22. The fourth-order valence-corrected chi connectivity index (χ4v) is 2.63. The number of nitrogens with one attached hydrogen (secondary N) is 2. The average molecular weight is 450 g/mol. The standard InChI is InChI=1S/C11H6BrClIN5/c12-7-2-1-5(14)3-8(7)16-9-6-4-15-19-10(6)18-11(13)17-9/h1-4H,(H2,15,16,17,18,19). The Hall–Kier alpha value is -0.930. The summed E-state index contributed by atoms with van der Waals surface area (Å²) in [6.45, 7) is 0. The van der Waals surface area contributed by atoms with Gasteiger partial charge in [0.15, 0.2) is 5.65 Å². The van der Waals surface area contributed by atoms with Crippen molar-refractivity contribution in [3.63, 3.8) is 0 Å². The first kappa shape index (κ1) is 13.1. The number of fused-ring (bicyclic) bond motifs is 1. The Labute approximate surface area is 135 Å². The van der Waals surface area contributed by atoms with Crippen LogP contribution in [0.15, 0.2) is 28.9 Å². The molecule has 1 aromatic carbocycles. The second kappa shape index (κ2) is 5.22. The first-order chi connectivity index (χ1) is 9.13. The van der Waals surface area contributed by atoms with E-state index < -0.39 is 0 Å². The molecule has 2 heterocycles. The highest BCUT2D eigenvalue weighted by Gasteiger charge is 2.10. The van der Waals surface area contributed by atoms with E-state index in [0.717, 1.165) is 19.1 Å². The maximum atomic E-state index is 5.89. The van der Waals surface area contributed by atoms with Gasteiger partial charge in [-0.2, -0.15) is 15.1 Å². The number of halogens is 3. The fourth-order valence-electron chi connectivity index (χ4n) is 1.62. The van der Waals surface area contributed by atoms with Crippen molar-refractivity contribution < 1.29 is 0 Å². The second-order valence-electron chi connectivity index (χ2n) is 3.72. The molecule has 0 aliphatic heterocycles. The summed E-state index contributed by atoms with van der Waals surface area (Å²) in [5, 5.41) is 10.9. The quantitative estimate of drug-likeness (QED) is 0.456. The molecule has 5 nitrogen and oxygen atoms in total. The summed E-state index contributed by atoms with van der Waals surface area (Å²) in [5.74, 6) is 0.617. The summed E-state index contributed by atoms with van der Waals surface area (Å²) in [6.07, 6.45) is 1.66. The van der Waals surface area contributed by atoms with E-state index in [2.05, 4.69) is 64.0 Å². The zero-order valence-corrected chi connectivity index (χ0v) is 13.8. The van der Waals surface area contributed by atoms with Crippen LogP contribution in [0.5, 0.6) is 0 Å². The highest BCUT2D eigenvalue weighted by atomic mass is 127. The van der Waals surface area contributed by atoms with E-state index in [1.807, 2.05) is 18.2 Å². The second-order valence-corrected chi connectivity index (χ2v) is 6.16. The van der Waals surface area contributed by atoms with Crippen LogP contribution in [0.1, 0.15) is 0 Å². The van der Waals surface area contributed by atoms with Crippen molar-refractivity contribution in [2.75, 3.05) is 5.32 Å². The van der Waals surface area contributed by atoms with Gasteiger partial charge in [0.05, 0.1) is 17.3 Å². The van der Waals surface area contributed by atoms with E-state index in [-0.39, 0.29) is 5.28 Å². The summed E-state index contributed by atoms with van der Waals surface area (Å²) >= 11 is 11.6. The van der Waals surface area contributed by atoms with Crippen LogP contribution in [-0.2, 0) is 0 Å².